The Bertz CT molecular complexity index is 3240. The lowest BCUT2D eigenvalue weighted by Gasteiger charge is -2.21. The normalized spacial score (nSPS) is 12.8. The maximum absolute atomic E-state index is 15.3. The average Bonchev–Trinajstić information content (AvgIpc) is 3.84. The first-order valence-electron chi connectivity index (χ1n) is 20.3. The summed E-state index contributed by atoms with van der Waals surface area (Å²) < 4.78 is 20.1. The van der Waals surface area contributed by atoms with Crippen molar-refractivity contribution in [2.24, 2.45) is 0 Å². The smallest absolute Gasteiger partial charge is 0.171 e. The fraction of sp³-hybridized carbons (Fsp3) is 0.0182. The van der Waals surface area contributed by atoms with Crippen molar-refractivity contribution in [3.05, 3.63) is 236 Å². The van der Waals surface area contributed by atoms with Crippen LogP contribution in [0.3, 0.4) is 0 Å². The largest absolute Gasteiger partial charge is 0.309 e. The second kappa shape index (κ2) is 15.8. The van der Waals surface area contributed by atoms with Crippen molar-refractivity contribution in [2.45, 2.75) is 6.92 Å². The summed E-state index contributed by atoms with van der Waals surface area (Å²) in [6.45, 7) is 6.05. The molecule has 2 heterocycles. The third kappa shape index (κ3) is 6.22. The topological polar surface area (TPSA) is 26.9 Å². The lowest BCUT2D eigenvalue weighted by atomic mass is 10.1. The molecule has 0 spiro atoms. The molecule has 8 aromatic carbocycles. The Balaban J connectivity index is 1.16. The third-order valence-corrected chi connectivity index (χ3v) is 17.1. The van der Waals surface area contributed by atoms with Crippen molar-refractivity contribution >= 4 is 85.2 Å². The van der Waals surface area contributed by atoms with Gasteiger partial charge in [0.1, 0.15) is 0 Å². The van der Waals surface area contributed by atoms with Gasteiger partial charge in [-0.3, -0.25) is 0 Å². The highest BCUT2D eigenvalue weighted by atomic mass is 31.2. The standard InChI is InChI=1S/C55H42N2OP2/c1-3-5-19-42(4-2)59(43-20-9-6-10-21-43)44-34-30-40(31-35-44)56-52-29-18-16-27-50(52)54-53(56)39-38-49-48-26-15-17-28-51(48)57(55(49)54)41-32-36-47(37-33-41)60(58,45-22-11-7-12-23-45)46-24-13-8-14-25-46/h3-39H,1H2,2H3/b19-5-,42-4+. The van der Waals surface area contributed by atoms with E-state index in [4.69, 9.17) is 0 Å². The van der Waals surface area contributed by atoms with Gasteiger partial charge in [-0.1, -0.05) is 176 Å². The van der Waals surface area contributed by atoms with Gasteiger partial charge < -0.3 is 13.7 Å². The quantitative estimate of drug-likeness (QED) is 0.0999. The van der Waals surface area contributed by atoms with Crippen LogP contribution in [0.5, 0.6) is 0 Å². The van der Waals surface area contributed by atoms with Gasteiger partial charge in [-0.25, -0.2) is 0 Å². The highest BCUT2D eigenvalue weighted by molar-refractivity contribution is 7.85. The third-order valence-electron chi connectivity index (χ3n) is 11.5. The Hall–Kier alpha value is -6.76. The van der Waals surface area contributed by atoms with E-state index in [-0.39, 0.29) is 0 Å². The van der Waals surface area contributed by atoms with Crippen molar-refractivity contribution < 1.29 is 4.57 Å². The zero-order valence-electron chi connectivity index (χ0n) is 33.3. The van der Waals surface area contributed by atoms with Gasteiger partial charge in [0.05, 0.1) is 22.1 Å². The molecule has 0 radical (unpaired) electrons. The molecule has 0 amide bonds. The van der Waals surface area contributed by atoms with Crippen molar-refractivity contribution in [3.63, 3.8) is 0 Å². The molecule has 0 aliphatic heterocycles. The Morgan fingerprint density at radius 1 is 0.500 bits per heavy atom. The van der Waals surface area contributed by atoms with Crippen molar-refractivity contribution in [1.82, 2.24) is 9.13 Å². The van der Waals surface area contributed by atoms with E-state index in [0.29, 0.717) is 0 Å². The molecule has 1 unspecified atom stereocenters. The van der Waals surface area contributed by atoms with E-state index in [2.05, 4.69) is 174 Å². The maximum Gasteiger partial charge on any atom is 0.171 e. The van der Waals surface area contributed by atoms with Crippen LogP contribution < -0.4 is 26.5 Å². The van der Waals surface area contributed by atoms with Gasteiger partial charge in [-0.2, -0.15) is 0 Å². The molecule has 0 saturated carbocycles. The van der Waals surface area contributed by atoms with Gasteiger partial charge in [0.25, 0.3) is 0 Å². The van der Waals surface area contributed by atoms with Crippen LogP contribution in [-0.4, -0.2) is 9.13 Å². The van der Waals surface area contributed by atoms with Crippen LogP contribution in [0.2, 0.25) is 0 Å². The van der Waals surface area contributed by atoms with E-state index in [1.54, 1.807) is 0 Å². The lowest BCUT2D eigenvalue weighted by Crippen LogP contribution is -2.24. The molecule has 1 atom stereocenters. The maximum atomic E-state index is 15.3. The first-order valence-corrected chi connectivity index (χ1v) is 23.3. The molecule has 0 aliphatic carbocycles. The summed E-state index contributed by atoms with van der Waals surface area (Å²) in [7, 11) is -3.90. The van der Waals surface area contributed by atoms with Crippen molar-refractivity contribution in [2.75, 3.05) is 0 Å². The summed E-state index contributed by atoms with van der Waals surface area (Å²) in [5.41, 5.74) is 6.71. The molecule has 3 nitrogen and oxygen atoms in total. The van der Waals surface area contributed by atoms with E-state index < -0.39 is 15.1 Å². The van der Waals surface area contributed by atoms with Gasteiger partial charge in [0.2, 0.25) is 0 Å². The highest BCUT2D eigenvalue weighted by Gasteiger charge is 2.30. The first-order chi connectivity index (χ1) is 29.6. The number of hydrogen-bond acceptors (Lipinski definition) is 1. The van der Waals surface area contributed by atoms with Gasteiger partial charge >= 0.3 is 0 Å². The minimum Gasteiger partial charge on any atom is -0.309 e. The van der Waals surface area contributed by atoms with Gasteiger partial charge in [0.15, 0.2) is 7.14 Å². The molecule has 0 saturated heterocycles. The molecular formula is C55H42N2OP2. The predicted octanol–water partition coefficient (Wildman–Crippen LogP) is 12.6. The van der Waals surface area contributed by atoms with Crippen molar-refractivity contribution in [3.8, 4) is 11.4 Å². The van der Waals surface area contributed by atoms with Crippen LogP contribution in [0.1, 0.15) is 6.92 Å². The number of nitrogens with zero attached hydrogens (tertiary/aromatic N) is 2. The average molecular weight is 809 g/mol. The number of allylic oxidation sites excluding steroid dienone is 5. The van der Waals surface area contributed by atoms with E-state index >= 15 is 4.57 Å². The minimum absolute atomic E-state index is 0.771. The number of para-hydroxylation sites is 2. The predicted molar refractivity (Wildman–Crippen MR) is 260 cm³/mol. The van der Waals surface area contributed by atoms with E-state index in [1.165, 1.54) is 37.5 Å². The SMILES string of the molecule is C=C/C=C\C(=C/C)P(c1ccccc1)c1ccc(-n2c3ccccc3c3c2ccc2c4ccccc4n(-c4ccc(P(=O)(c5ccccc5)c5ccccc5)cc4)c23)cc1. The van der Waals surface area contributed by atoms with Crippen LogP contribution >= 0.6 is 15.1 Å². The summed E-state index contributed by atoms with van der Waals surface area (Å²) in [6.07, 6.45) is 8.29. The molecule has 0 bridgehead atoms. The Kier molecular flexibility index (Phi) is 9.86. The van der Waals surface area contributed by atoms with Crippen LogP contribution in [0, 0.1) is 0 Å². The number of hydrogen-bond donors (Lipinski definition) is 0. The number of rotatable bonds is 10. The van der Waals surface area contributed by atoms with Gasteiger partial charge in [0, 0.05) is 48.8 Å². The monoisotopic (exact) mass is 808 g/mol. The van der Waals surface area contributed by atoms with E-state index in [0.717, 1.165) is 49.4 Å². The fourth-order valence-corrected chi connectivity index (χ4v) is 13.8. The zero-order valence-corrected chi connectivity index (χ0v) is 35.1. The molecule has 60 heavy (non-hydrogen) atoms. The molecule has 288 valence electrons. The molecule has 5 heteroatoms. The molecule has 0 fully saturated rings. The summed E-state index contributed by atoms with van der Waals surface area (Å²) in [5.74, 6) is 0. The first kappa shape index (κ1) is 37.5. The van der Waals surface area contributed by atoms with Crippen molar-refractivity contribution in [1.29, 1.82) is 0 Å². The lowest BCUT2D eigenvalue weighted by molar-refractivity contribution is 0.592. The molecule has 0 aliphatic rings. The summed E-state index contributed by atoms with van der Waals surface area (Å²) in [6, 6.07) is 70.2. The fourth-order valence-electron chi connectivity index (χ4n) is 8.83. The molecule has 2 aromatic heterocycles. The second-order valence-corrected chi connectivity index (χ2v) is 19.8. The summed E-state index contributed by atoms with van der Waals surface area (Å²) >= 11 is 0. The van der Waals surface area contributed by atoms with E-state index in [9.17, 15) is 0 Å². The zero-order chi connectivity index (χ0) is 40.6. The Morgan fingerprint density at radius 2 is 1.00 bits per heavy atom. The summed E-state index contributed by atoms with van der Waals surface area (Å²) in [5, 5.41) is 11.1. The van der Waals surface area contributed by atoms with Crippen LogP contribution in [0.4, 0.5) is 0 Å². The minimum atomic E-state index is -3.13. The van der Waals surface area contributed by atoms with Crippen LogP contribution in [-0.2, 0) is 4.57 Å². The van der Waals surface area contributed by atoms with Gasteiger partial charge in [-0.05, 0) is 85.4 Å². The van der Waals surface area contributed by atoms with Crippen LogP contribution in [0.15, 0.2) is 236 Å². The van der Waals surface area contributed by atoms with Crippen LogP contribution in [0.25, 0.3) is 55.0 Å². The molecule has 0 N–H and O–H groups in total. The number of aromatic nitrogens is 2. The number of fused-ring (bicyclic) bond motifs is 7. The molecule has 10 rings (SSSR count). The molecular weight excluding hydrogens is 767 g/mol. The number of benzene rings is 8. The molecule has 10 aromatic rings. The van der Waals surface area contributed by atoms with Gasteiger partial charge in [-0.15, -0.1) is 0 Å². The second-order valence-electron chi connectivity index (χ2n) is 14.9. The Morgan fingerprint density at radius 3 is 1.62 bits per heavy atom. The van der Waals surface area contributed by atoms with E-state index in [1.807, 2.05) is 72.8 Å². The summed E-state index contributed by atoms with van der Waals surface area (Å²) in [4.78, 5) is 0. The Labute approximate surface area is 352 Å². The highest BCUT2D eigenvalue weighted by Crippen LogP contribution is 2.46.